The van der Waals surface area contributed by atoms with Crippen molar-refractivity contribution >= 4 is 5.82 Å². The lowest BCUT2D eigenvalue weighted by Gasteiger charge is -2.23. The fourth-order valence-electron chi connectivity index (χ4n) is 2.89. The quantitative estimate of drug-likeness (QED) is 0.905. The van der Waals surface area contributed by atoms with Crippen molar-refractivity contribution in [1.29, 1.82) is 0 Å². The van der Waals surface area contributed by atoms with Crippen LogP contribution in [-0.4, -0.2) is 53.2 Å². The Bertz CT molecular complexity index is 607. The summed E-state index contributed by atoms with van der Waals surface area (Å²) in [6.45, 7) is 4.41. The van der Waals surface area contributed by atoms with Crippen LogP contribution in [0.4, 0.5) is 5.82 Å². The molecule has 1 fully saturated rings. The maximum atomic E-state index is 5.78. The Kier molecular flexibility index (Phi) is 5.50. The van der Waals surface area contributed by atoms with E-state index >= 15 is 0 Å². The van der Waals surface area contributed by atoms with Crippen molar-refractivity contribution in [1.82, 2.24) is 19.9 Å². The van der Waals surface area contributed by atoms with Crippen molar-refractivity contribution in [2.75, 3.05) is 38.7 Å². The van der Waals surface area contributed by atoms with E-state index < -0.39 is 0 Å². The van der Waals surface area contributed by atoms with E-state index in [1.807, 2.05) is 31.7 Å². The van der Waals surface area contributed by atoms with Gasteiger partial charge < -0.3 is 10.1 Å². The monoisotopic (exact) mass is 313 g/mol. The number of hydrogen-bond acceptors (Lipinski definition) is 6. The summed E-state index contributed by atoms with van der Waals surface area (Å²) in [5, 5.41) is 3.04. The van der Waals surface area contributed by atoms with E-state index in [0.29, 0.717) is 5.92 Å². The molecular formula is C17H23N5O. The maximum absolute atomic E-state index is 5.78. The van der Waals surface area contributed by atoms with Crippen LogP contribution < -0.4 is 5.32 Å². The lowest BCUT2D eigenvalue weighted by atomic mass is 10.0. The summed E-state index contributed by atoms with van der Waals surface area (Å²) in [4.78, 5) is 15.4. The normalized spacial score (nSPS) is 19.3. The van der Waals surface area contributed by atoms with Gasteiger partial charge in [0.25, 0.3) is 0 Å². The molecule has 1 aliphatic rings. The molecule has 0 aliphatic carbocycles. The van der Waals surface area contributed by atoms with E-state index in [2.05, 4.69) is 31.2 Å². The predicted octanol–water partition coefficient (Wildman–Crippen LogP) is 1.60. The molecule has 122 valence electrons. The van der Waals surface area contributed by atoms with Gasteiger partial charge in [-0.25, -0.2) is 4.98 Å². The first-order valence-corrected chi connectivity index (χ1v) is 8.01. The van der Waals surface area contributed by atoms with Crippen molar-refractivity contribution in [3.8, 4) is 0 Å². The highest BCUT2D eigenvalue weighted by atomic mass is 16.5. The number of ether oxygens (including phenoxy) is 1. The van der Waals surface area contributed by atoms with Gasteiger partial charge in [0.15, 0.2) is 0 Å². The van der Waals surface area contributed by atoms with Gasteiger partial charge in [0, 0.05) is 51.2 Å². The summed E-state index contributed by atoms with van der Waals surface area (Å²) in [5.41, 5.74) is 2.25. The summed E-state index contributed by atoms with van der Waals surface area (Å²) < 4.78 is 5.78. The molecule has 1 N–H and O–H groups in total. The van der Waals surface area contributed by atoms with Gasteiger partial charge >= 0.3 is 0 Å². The number of nitrogens with zero attached hydrogens (tertiary/aromatic N) is 4. The molecule has 2 aromatic heterocycles. The highest BCUT2D eigenvalue weighted by Gasteiger charge is 2.20. The van der Waals surface area contributed by atoms with E-state index in [9.17, 15) is 0 Å². The Morgan fingerprint density at radius 3 is 3.09 bits per heavy atom. The number of pyridine rings is 1. The SMILES string of the molecule is CNc1cncc(C[C@H]2COCCN(Cc3cccnc3)C2)n1. The topological polar surface area (TPSA) is 63.2 Å². The van der Waals surface area contributed by atoms with Gasteiger partial charge in [-0.05, 0) is 18.1 Å². The van der Waals surface area contributed by atoms with Crippen molar-refractivity contribution in [2.24, 2.45) is 5.92 Å². The summed E-state index contributed by atoms with van der Waals surface area (Å²) in [6.07, 6.45) is 8.21. The first kappa shape index (κ1) is 15.8. The molecule has 3 rings (SSSR count). The van der Waals surface area contributed by atoms with Crippen LogP contribution in [-0.2, 0) is 17.7 Å². The Morgan fingerprint density at radius 2 is 2.26 bits per heavy atom. The van der Waals surface area contributed by atoms with E-state index in [0.717, 1.165) is 50.8 Å². The standard InChI is InChI=1S/C17H23N5O/c1-18-17-10-20-9-16(21-17)7-15-12-22(5-6-23-13-15)11-14-3-2-4-19-8-14/h2-4,8-10,15H,5-7,11-13H2,1H3,(H,18,21)/t15-/m1/s1. The second kappa shape index (κ2) is 7.99. The van der Waals surface area contributed by atoms with Crippen molar-refractivity contribution in [3.05, 3.63) is 48.2 Å². The summed E-state index contributed by atoms with van der Waals surface area (Å²) in [7, 11) is 1.86. The van der Waals surface area contributed by atoms with Gasteiger partial charge in [0.05, 0.1) is 25.1 Å². The minimum Gasteiger partial charge on any atom is -0.380 e. The molecule has 0 bridgehead atoms. The molecular weight excluding hydrogens is 290 g/mol. The van der Waals surface area contributed by atoms with Crippen molar-refractivity contribution in [3.63, 3.8) is 0 Å². The van der Waals surface area contributed by atoms with Crippen LogP contribution in [0.15, 0.2) is 36.9 Å². The molecule has 0 unspecified atom stereocenters. The first-order chi connectivity index (χ1) is 11.3. The van der Waals surface area contributed by atoms with Crippen molar-refractivity contribution in [2.45, 2.75) is 13.0 Å². The first-order valence-electron chi connectivity index (χ1n) is 8.01. The van der Waals surface area contributed by atoms with Crippen LogP contribution in [0.3, 0.4) is 0 Å². The third kappa shape index (κ3) is 4.71. The predicted molar refractivity (Wildman–Crippen MR) is 89.1 cm³/mol. The largest absolute Gasteiger partial charge is 0.380 e. The van der Waals surface area contributed by atoms with Crippen LogP contribution in [0.25, 0.3) is 0 Å². The molecule has 0 saturated carbocycles. The van der Waals surface area contributed by atoms with Crippen LogP contribution in [0.5, 0.6) is 0 Å². The average Bonchev–Trinajstić information content (AvgIpc) is 2.81. The Balaban J connectivity index is 1.62. The fourth-order valence-corrected chi connectivity index (χ4v) is 2.89. The molecule has 1 saturated heterocycles. The van der Waals surface area contributed by atoms with Gasteiger partial charge in [-0.15, -0.1) is 0 Å². The molecule has 2 aromatic rings. The van der Waals surface area contributed by atoms with Gasteiger partial charge in [-0.1, -0.05) is 6.07 Å². The minimum atomic E-state index is 0.426. The molecule has 0 aromatic carbocycles. The van der Waals surface area contributed by atoms with Crippen LogP contribution in [0, 0.1) is 5.92 Å². The molecule has 3 heterocycles. The lowest BCUT2D eigenvalue weighted by Crippen LogP contribution is -2.30. The summed E-state index contributed by atoms with van der Waals surface area (Å²) >= 11 is 0. The van der Waals surface area contributed by atoms with E-state index in [1.54, 1.807) is 6.20 Å². The van der Waals surface area contributed by atoms with Crippen LogP contribution in [0.2, 0.25) is 0 Å². The van der Waals surface area contributed by atoms with Gasteiger partial charge in [-0.2, -0.15) is 0 Å². The fraction of sp³-hybridized carbons (Fsp3) is 0.471. The zero-order chi connectivity index (χ0) is 15.9. The molecule has 0 radical (unpaired) electrons. The number of nitrogens with one attached hydrogen (secondary N) is 1. The highest BCUT2D eigenvalue weighted by Crippen LogP contribution is 2.15. The number of rotatable bonds is 5. The second-order valence-electron chi connectivity index (χ2n) is 5.89. The third-order valence-corrected chi connectivity index (χ3v) is 3.99. The molecule has 0 spiro atoms. The van der Waals surface area contributed by atoms with Crippen LogP contribution >= 0.6 is 0 Å². The Labute approximate surface area is 136 Å². The number of hydrogen-bond donors (Lipinski definition) is 1. The van der Waals surface area contributed by atoms with Gasteiger partial charge in [0.1, 0.15) is 5.82 Å². The molecule has 6 nitrogen and oxygen atoms in total. The molecule has 6 heteroatoms. The summed E-state index contributed by atoms with van der Waals surface area (Å²) in [6, 6.07) is 4.11. The lowest BCUT2D eigenvalue weighted by molar-refractivity contribution is 0.121. The zero-order valence-electron chi connectivity index (χ0n) is 13.5. The van der Waals surface area contributed by atoms with Gasteiger partial charge in [-0.3, -0.25) is 14.9 Å². The second-order valence-corrected chi connectivity index (χ2v) is 5.89. The smallest absolute Gasteiger partial charge is 0.144 e. The van der Waals surface area contributed by atoms with Gasteiger partial charge in [0.2, 0.25) is 0 Å². The number of anilines is 1. The van der Waals surface area contributed by atoms with E-state index in [4.69, 9.17) is 4.74 Å². The third-order valence-electron chi connectivity index (χ3n) is 3.99. The Hall–Kier alpha value is -2.05. The molecule has 1 atom stereocenters. The highest BCUT2D eigenvalue weighted by molar-refractivity contribution is 5.30. The van der Waals surface area contributed by atoms with Crippen LogP contribution in [0.1, 0.15) is 11.3 Å². The number of aromatic nitrogens is 3. The molecule has 1 aliphatic heterocycles. The minimum absolute atomic E-state index is 0.426. The molecule has 0 amide bonds. The average molecular weight is 313 g/mol. The molecule has 23 heavy (non-hydrogen) atoms. The summed E-state index contributed by atoms with van der Waals surface area (Å²) in [5.74, 6) is 1.24. The zero-order valence-corrected chi connectivity index (χ0v) is 13.5. The van der Waals surface area contributed by atoms with Crippen molar-refractivity contribution < 1.29 is 4.74 Å². The van der Waals surface area contributed by atoms with E-state index in [1.165, 1.54) is 5.56 Å². The maximum Gasteiger partial charge on any atom is 0.144 e. The van der Waals surface area contributed by atoms with E-state index in [-0.39, 0.29) is 0 Å². The Morgan fingerprint density at radius 1 is 1.30 bits per heavy atom.